The first-order valence-corrected chi connectivity index (χ1v) is 9.47. The number of thiazole rings is 1. The fourth-order valence-electron chi connectivity index (χ4n) is 4.08. The largest absolute Gasteiger partial charge is 0.353 e. The van der Waals surface area contributed by atoms with Crippen LogP contribution in [-0.4, -0.2) is 44.9 Å². The van der Waals surface area contributed by atoms with Crippen LogP contribution in [0.2, 0.25) is 0 Å². The molecule has 0 aromatic carbocycles. The zero-order chi connectivity index (χ0) is 16.7. The minimum atomic E-state index is -0.157. The van der Waals surface area contributed by atoms with Gasteiger partial charge in [0.1, 0.15) is 0 Å². The van der Waals surface area contributed by atoms with Crippen LogP contribution in [-0.2, 0) is 24.9 Å². The third-order valence-corrected chi connectivity index (χ3v) is 6.31. The van der Waals surface area contributed by atoms with E-state index in [0.29, 0.717) is 12.5 Å². The Morgan fingerprint density at radius 2 is 2.12 bits per heavy atom. The molecule has 0 saturated carbocycles. The average molecular weight is 344 g/mol. The monoisotopic (exact) mass is 344 g/mol. The van der Waals surface area contributed by atoms with Gasteiger partial charge in [-0.05, 0) is 38.4 Å². The summed E-state index contributed by atoms with van der Waals surface area (Å²) in [5.74, 6) is 0.336. The van der Waals surface area contributed by atoms with Gasteiger partial charge in [0, 0.05) is 44.0 Å². The quantitative estimate of drug-likeness (QED) is 0.855. The van der Waals surface area contributed by atoms with E-state index in [1.165, 1.54) is 5.69 Å². The van der Waals surface area contributed by atoms with Crippen molar-refractivity contribution in [1.29, 1.82) is 0 Å². The Morgan fingerprint density at radius 1 is 1.29 bits per heavy atom. The minimum absolute atomic E-state index is 0.157. The highest BCUT2D eigenvalue weighted by atomic mass is 32.1. The zero-order valence-corrected chi connectivity index (χ0v) is 15.2. The van der Waals surface area contributed by atoms with Crippen molar-refractivity contribution in [2.75, 3.05) is 19.6 Å². The Balaban J connectivity index is 1.41. The van der Waals surface area contributed by atoms with Gasteiger partial charge in [-0.15, -0.1) is 11.3 Å². The molecule has 6 heteroatoms. The molecule has 0 unspecified atom stereocenters. The summed E-state index contributed by atoms with van der Waals surface area (Å²) >= 11 is 1.66. The van der Waals surface area contributed by atoms with E-state index in [0.717, 1.165) is 49.7 Å². The van der Waals surface area contributed by atoms with Crippen molar-refractivity contribution < 1.29 is 4.79 Å². The summed E-state index contributed by atoms with van der Waals surface area (Å²) in [6, 6.07) is 4.25. The summed E-state index contributed by atoms with van der Waals surface area (Å²) in [7, 11) is 2.08. The Labute approximate surface area is 146 Å². The van der Waals surface area contributed by atoms with Crippen molar-refractivity contribution in [3.05, 3.63) is 40.1 Å². The number of hydrogen-bond acceptors (Lipinski definition) is 4. The molecule has 2 fully saturated rings. The van der Waals surface area contributed by atoms with Crippen LogP contribution in [0.4, 0.5) is 0 Å². The lowest BCUT2D eigenvalue weighted by Crippen LogP contribution is -2.36. The maximum Gasteiger partial charge on any atom is 0.230 e. The molecule has 128 valence electrons. The SMILES string of the molecule is Cc1nc(CN2CC[C@@]3(CCN(Cc4cccn4C)C3)C2=O)cs1. The number of aryl methyl sites for hydroxylation is 2. The van der Waals surface area contributed by atoms with E-state index < -0.39 is 0 Å². The van der Waals surface area contributed by atoms with Crippen molar-refractivity contribution >= 4 is 17.2 Å². The maximum atomic E-state index is 13.0. The van der Waals surface area contributed by atoms with E-state index in [-0.39, 0.29) is 5.41 Å². The molecule has 0 N–H and O–H groups in total. The third-order valence-electron chi connectivity index (χ3n) is 5.49. The van der Waals surface area contributed by atoms with Gasteiger partial charge in [0.05, 0.1) is 22.7 Å². The summed E-state index contributed by atoms with van der Waals surface area (Å²) in [6.07, 6.45) is 4.06. The van der Waals surface area contributed by atoms with Crippen LogP contribution in [0.15, 0.2) is 23.7 Å². The van der Waals surface area contributed by atoms with Crippen LogP contribution in [0.25, 0.3) is 0 Å². The van der Waals surface area contributed by atoms with Crippen LogP contribution < -0.4 is 0 Å². The highest BCUT2D eigenvalue weighted by molar-refractivity contribution is 7.09. The van der Waals surface area contributed by atoms with Gasteiger partial charge in [0.2, 0.25) is 5.91 Å². The normalized spacial score (nSPS) is 24.6. The molecule has 1 spiro atoms. The molecule has 5 nitrogen and oxygen atoms in total. The molecule has 0 aliphatic carbocycles. The summed E-state index contributed by atoms with van der Waals surface area (Å²) in [5.41, 5.74) is 2.19. The average Bonchev–Trinajstić information content (AvgIpc) is 3.30. The lowest BCUT2D eigenvalue weighted by Gasteiger charge is -2.23. The van der Waals surface area contributed by atoms with Crippen LogP contribution in [0.3, 0.4) is 0 Å². The predicted molar refractivity (Wildman–Crippen MR) is 94.6 cm³/mol. The number of rotatable bonds is 4. The van der Waals surface area contributed by atoms with Gasteiger partial charge < -0.3 is 9.47 Å². The second-order valence-electron chi connectivity index (χ2n) is 7.19. The summed E-state index contributed by atoms with van der Waals surface area (Å²) < 4.78 is 2.17. The van der Waals surface area contributed by atoms with Gasteiger partial charge >= 0.3 is 0 Å². The fraction of sp³-hybridized carbons (Fsp3) is 0.556. The second kappa shape index (κ2) is 6.01. The first-order valence-electron chi connectivity index (χ1n) is 8.59. The molecule has 2 aliphatic rings. The van der Waals surface area contributed by atoms with Crippen LogP contribution in [0.5, 0.6) is 0 Å². The molecular weight excluding hydrogens is 320 g/mol. The Kier molecular flexibility index (Phi) is 3.96. The lowest BCUT2D eigenvalue weighted by molar-refractivity contribution is -0.136. The second-order valence-corrected chi connectivity index (χ2v) is 8.25. The molecule has 0 radical (unpaired) electrons. The molecule has 24 heavy (non-hydrogen) atoms. The first-order chi connectivity index (χ1) is 11.6. The third kappa shape index (κ3) is 2.78. The number of carbonyl (C=O) groups excluding carboxylic acids is 1. The van der Waals surface area contributed by atoms with E-state index in [2.05, 4.69) is 45.2 Å². The molecule has 2 aliphatic heterocycles. The van der Waals surface area contributed by atoms with E-state index in [1.807, 2.05) is 11.8 Å². The molecule has 2 aromatic heterocycles. The molecule has 1 atom stereocenters. The van der Waals surface area contributed by atoms with Crippen molar-refractivity contribution in [3.63, 3.8) is 0 Å². The summed E-state index contributed by atoms with van der Waals surface area (Å²) in [6.45, 7) is 6.39. The molecule has 1 amide bonds. The van der Waals surface area contributed by atoms with Crippen LogP contribution >= 0.6 is 11.3 Å². The van der Waals surface area contributed by atoms with Gasteiger partial charge in [-0.25, -0.2) is 4.98 Å². The number of amides is 1. The van der Waals surface area contributed by atoms with E-state index in [1.54, 1.807) is 11.3 Å². The predicted octanol–water partition coefficient (Wildman–Crippen LogP) is 2.41. The number of carbonyl (C=O) groups is 1. The molecule has 4 heterocycles. The molecule has 2 aromatic rings. The van der Waals surface area contributed by atoms with Crippen molar-refractivity contribution in [3.8, 4) is 0 Å². The van der Waals surface area contributed by atoms with Gasteiger partial charge in [-0.3, -0.25) is 9.69 Å². The smallest absolute Gasteiger partial charge is 0.230 e. The summed E-state index contributed by atoms with van der Waals surface area (Å²) in [4.78, 5) is 22.0. The highest BCUT2D eigenvalue weighted by Crippen LogP contribution is 2.41. The topological polar surface area (TPSA) is 41.4 Å². The van der Waals surface area contributed by atoms with Crippen LogP contribution in [0, 0.1) is 12.3 Å². The highest BCUT2D eigenvalue weighted by Gasteiger charge is 2.50. The summed E-state index contributed by atoms with van der Waals surface area (Å²) in [5, 5.41) is 3.14. The number of likely N-dealkylation sites (tertiary alicyclic amines) is 2. The maximum absolute atomic E-state index is 13.0. The standard InChI is InChI=1S/C18H24N4OS/c1-14-19-15(12-24-14)10-22-9-6-18(17(22)23)5-8-21(13-18)11-16-4-3-7-20(16)2/h3-4,7,12H,5-6,8-11,13H2,1-2H3/t18-/m1/s1. The van der Waals surface area contributed by atoms with Crippen molar-refractivity contribution in [2.45, 2.75) is 32.9 Å². The molecular formula is C18H24N4OS. The van der Waals surface area contributed by atoms with Crippen LogP contribution in [0.1, 0.15) is 29.2 Å². The Bertz CT molecular complexity index is 752. The van der Waals surface area contributed by atoms with Gasteiger partial charge in [0.15, 0.2) is 0 Å². The van der Waals surface area contributed by atoms with Crippen molar-refractivity contribution in [1.82, 2.24) is 19.4 Å². The van der Waals surface area contributed by atoms with Gasteiger partial charge in [-0.2, -0.15) is 0 Å². The molecule has 4 rings (SSSR count). The van der Waals surface area contributed by atoms with Crippen molar-refractivity contribution in [2.24, 2.45) is 12.5 Å². The van der Waals surface area contributed by atoms with E-state index >= 15 is 0 Å². The minimum Gasteiger partial charge on any atom is -0.353 e. The number of aromatic nitrogens is 2. The molecule has 0 bridgehead atoms. The zero-order valence-electron chi connectivity index (χ0n) is 14.4. The lowest BCUT2D eigenvalue weighted by atomic mass is 9.85. The van der Waals surface area contributed by atoms with E-state index in [4.69, 9.17) is 0 Å². The first kappa shape index (κ1) is 15.8. The Morgan fingerprint density at radius 3 is 2.83 bits per heavy atom. The Hall–Kier alpha value is -1.66. The number of nitrogens with zero attached hydrogens (tertiary/aromatic N) is 4. The van der Waals surface area contributed by atoms with Gasteiger partial charge in [0.25, 0.3) is 0 Å². The number of hydrogen-bond donors (Lipinski definition) is 0. The van der Waals surface area contributed by atoms with E-state index in [9.17, 15) is 4.79 Å². The molecule has 2 saturated heterocycles. The fourth-order valence-corrected chi connectivity index (χ4v) is 4.69. The van der Waals surface area contributed by atoms with Gasteiger partial charge in [-0.1, -0.05) is 0 Å².